The minimum absolute atomic E-state index is 0.0392. The first-order valence-electron chi connectivity index (χ1n) is 7.18. The number of benzene rings is 2. The molecule has 0 aliphatic heterocycles. The van der Waals surface area contributed by atoms with Gasteiger partial charge in [0.25, 0.3) is 0 Å². The van der Waals surface area contributed by atoms with E-state index in [2.05, 4.69) is 24.3 Å². The molecule has 0 aliphatic rings. The van der Waals surface area contributed by atoms with E-state index in [0.717, 1.165) is 25.0 Å². The molecule has 0 radical (unpaired) electrons. The summed E-state index contributed by atoms with van der Waals surface area (Å²) < 4.78 is 5.07. The lowest BCUT2D eigenvalue weighted by Gasteiger charge is -2.00. The minimum Gasteiger partial charge on any atom is -0.497 e. The van der Waals surface area contributed by atoms with Crippen LogP contribution < -0.4 is 4.74 Å². The van der Waals surface area contributed by atoms with Crippen LogP contribution in [-0.2, 0) is 6.42 Å². The summed E-state index contributed by atoms with van der Waals surface area (Å²) in [6, 6.07) is 17.6. The van der Waals surface area contributed by atoms with Crippen LogP contribution in [0.25, 0.3) is 0 Å². The monoisotopic (exact) mass is 280 g/mol. The molecule has 2 aromatic rings. The molecule has 0 N–H and O–H groups in total. The van der Waals surface area contributed by atoms with Crippen molar-refractivity contribution in [1.29, 1.82) is 0 Å². The van der Waals surface area contributed by atoms with Gasteiger partial charge in [0, 0.05) is 5.56 Å². The van der Waals surface area contributed by atoms with Gasteiger partial charge < -0.3 is 4.74 Å². The van der Waals surface area contributed by atoms with E-state index in [0.29, 0.717) is 5.56 Å². The van der Waals surface area contributed by atoms with Crippen LogP contribution in [0.1, 0.15) is 28.8 Å². The van der Waals surface area contributed by atoms with Gasteiger partial charge in [-0.05, 0) is 55.2 Å². The number of methoxy groups -OCH3 is 1. The highest BCUT2D eigenvalue weighted by Crippen LogP contribution is 2.12. The van der Waals surface area contributed by atoms with Crippen LogP contribution in [0.15, 0.2) is 66.7 Å². The molecule has 2 heteroatoms. The van der Waals surface area contributed by atoms with E-state index in [1.54, 1.807) is 37.5 Å². The van der Waals surface area contributed by atoms with Gasteiger partial charge >= 0.3 is 0 Å². The molecule has 0 bridgehead atoms. The van der Waals surface area contributed by atoms with Crippen LogP contribution in [0.5, 0.6) is 5.75 Å². The molecule has 0 saturated carbocycles. The number of ether oxygens (including phenoxy) is 1. The smallest absolute Gasteiger partial charge is 0.185 e. The number of hydrogen-bond acceptors (Lipinski definition) is 2. The third-order valence-corrected chi connectivity index (χ3v) is 3.32. The topological polar surface area (TPSA) is 26.3 Å². The number of hydrogen-bond donors (Lipinski definition) is 0. The molecule has 0 atom stereocenters. The molecule has 0 aliphatic carbocycles. The molecule has 2 nitrogen and oxygen atoms in total. The Labute approximate surface area is 126 Å². The zero-order valence-electron chi connectivity index (χ0n) is 12.3. The number of rotatable bonds is 7. The highest BCUT2D eigenvalue weighted by atomic mass is 16.5. The quantitative estimate of drug-likeness (QED) is 0.425. The number of allylic oxidation sites excluding steroid dienone is 2. The van der Waals surface area contributed by atoms with Gasteiger partial charge in [-0.3, -0.25) is 4.79 Å². The van der Waals surface area contributed by atoms with Crippen molar-refractivity contribution in [3.63, 3.8) is 0 Å². The molecule has 0 fully saturated rings. The maximum atomic E-state index is 11.9. The zero-order valence-corrected chi connectivity index (χ0v) is 12.3. The Hall–Kier alpha value is -2.35. The van der Waals surface area contributed by atoms with E-state index in [1.165, 1.54) is 5.56 Å². The van der Waals surface area contributed by atoms with Crippen LogP contribution >= 0.6 is 0 Å². The average Bonchev–Trinajstić information content (AvgIpc) is 2.55. The number of ketones is 1. The first-order chi connectivity index (χ1) is 10.3. The molecule has 0 amide bonds. The zero-order chi connectivity index (χ0) is 14.9. The van der Waals surface area contributed by atoms with Gasteiger partial charge in [-0.15, -0.1) is 0 Å². The van der Waals surface area contributed by atoms with E-state index in [1.807, 2.05) is 12.1 Å². The summed E-state index contributed by atoms with van der Waals surface area (Å²) in [6.45, 7) is 0. The molecule has 0 saturated heterocycles. The SMILES string of the molecule is COc1ccc(C(=O)/C=C/CCCc2ccccc2)cc1. The third kappa shape index (κ3) is 4.92. The van der Waals surface area contributed by atoms with Crippen LogP contribution in [0.2, 0.25) is 0 Å². The number of carbonyl (C=O) groups is 1. The Balaban J connectivity index is 1.76. The second-order valence-electron chi connectivity index (χ2n) is 4.87. The van der Waals surface area contributed by atoms with Crippen molar-refractivity contribution in [1.82, 2.24) is 0 Å². The van der Waals surface area contributed by atoms with Gasteiger partial charge in [-0.1, -0.05) is 36.4 Å². The van der Waals surface area contributed by atoms with Gasteiger partial charge in [-0.2, -0.15) is 0 Å². The van der Waals surface area contributed by atoms with Gasteiger partial charge in [0.15, 0.2) is 5.78 Å². The van der Waals surface area contributed by atoms with Gasteiger partial charge in [0.1, 0.15) is 5.75 Å². The molecule has 0 heterocycles. The van der Waals surface area contributed by atoms with Crippen molar-refractivity contribution >= 4 is 5.78 Å². The lowest BCUT2D eigenvalue weighted by Crippen LogP contribution is -1.94. The van der Waals surface area contributed by atoms with Crippen molar-refractivity contribution < 1.29 is 9.53 Å². The van der Waals surface area contributed by atoms with Gasteiger partial charge in [-0.25, -0.2) is 0 Å². The lowest BCUT2D eigenvalue weighted by atomic mass is 10.1. The summed E-state index contributed by atoms with van der Waals surface area (Å²) in [6.07, 6.45) is 6.62. The first-order valence-corrected chi connectivity index (χ1v) is 7.18. The van der Waals surface area contributed by atoms with Crippen LogP contribution in [-0.4, -0.2) is 12.9 Å². The molecule has 21 heavy (non-hydrogen) atoms. The Bertz CT molecular complexity index is 583. The second kappa shape index (κ2) is 8.05. The second-order valence-corrected chi connectivity index (χ2v) is 4.87. The van der Waals surface area contributed by atoms with Crippen molar-refractivity contribution in [2.45, 2.75) is 19.3 Å². The fourth-order valence-corrected chi connectivity index (χ4v) is 2.11. The van der Waals surface area contributed by atoms with Gasteiger partial charge in [0.05, 0.1) is 7.11 Å². The van der Waals surface area contributed by atoms with Crippen LogP contribution in [0, 0.1) is 0 Å². The summed E-state index contributed by atoms with van der Waals surface area (Å²) in [5.41, 5.74) is 2.03. The van der Waals surface area contributed by atoms with Crippen molar-refractivity contribution in [3.05, 3.63) is 77.9 Å². The van der Waals surface area contributed by atoms with Crippen molar-refractivity contribution in [2.75, 3.05) is 7.11 Å². The van der Waals surface area contributed by atoms with Crippen molar-refractivity contribution in [3.8, 4) is 5.75 Å². The van der Waals surface area contributed by atoms with Crippen LogP contribution in [0.3, 0.4) is 0 Å². The van der Waals surface area contributed by atoms with E-state index >= 15 is 0 Å². The highest BCUT2D eigenvalue weighted by molar-refractivity contribution is 6.04. The van der Waals surface area contributed by atoms with Gasteiger partial charge in [0.2, 0.25) is 0 Å². The Morgan fingerprint density at radius 1 is 1.05 bits per heavy atom. The van der Waals surface area contributed by atoms with E-state index < -0.39 is 0 Å². The largest absolute Gasteiger partial charge is 0.497 e. The standard InChI is InChI=1S/C19H20O2/c1-21-18-14-12-17(13-15-18)19(20)11-7-3-6-10-16-8-4-2-5-9-16/h2,4-5,7-9,11-15H,3,6,10H2,1H3/b11-7+. The predicted molar refractivity (Wildman–Crippen MR) is 85.8 cm³/mol. The highest BCUT2D eigenvalue weighted by Gasteiger charge is 2.01. The number of carbonyl (C=O) groups excluding carboxylic acids is 1. The average molecular weight is 280 g/mol. The van der Waals surface area contributed by atoms with Crippen LogP contribution in [0.4, 0.5) is 0 Å². The third-order valence-electron chi connectivity index (χ3n) is 3.32. The summed E-state index contributed by atoms with van der Waals surface area (Å²) >= 11 is 0. The summed E-state index contributed by atoms with van der Waals surface area (Å²) in [7, 11) is 1.61. The minimum atomic E-state index is 0.0392. The van der Waals surface area contributed by atoms with E-state index in [4.69, 9.17) is 4.74 Å². The Morgan fingerprint density at radius 2 is 1.76 bits per heavy atom. The molecule has 0 unspecified atom stereocenters. The molecule has 0 aromatic heterocycles. The number of aryl methyl sites for hydroxylation is 1. The Morgan fingerprint density at radius 3 is 2.43 bits per heavy atom. The maximum absolute atomic E-state index is 11.9. The first kappa shape index (κ1) is 15.0. The number of unbranched alkanes of at least 4 members (excludes halogenated alkanes) is 1. The molecule has 2 aromatic carbocycles. The Kier molecular flexibility index (Phi) is 5.77. The normalized spacial score (nSPS) is 10.7. The molecule has 108 valence electrons. The molecular weight excluding hydrogens is 260 g/mol. The van der Waals surface area contributed by atoms with E-state index in [9.17, 15) is 4.79 Å². The fraction of sp³-hybridized carbons (Fsp3) is 0.211. The molecule has 0 spiro atoms. The predicted octanol–water partition coefficient (Wildman–Crippen LogP) is 4.46. The van der Waals surface area contributed by atoms with E-state index in [-0.39, 0.29) is 5.78 Å². The van der Waals surface area contributed by atoms with Crippen molar-refractivity contribution in [2.24, 2.45) is 0 Å². The summed E-state index contributed by atoms with van der Waals surface area (Å²) in [4.78, 5) is 11.9. The molecule has 2 rings (SSSR count). The summed E-state index contributed by atoms with van der Waals surface area (Å²) in [5, 5.41) is 0. The summed E-state index contributed by atoms with van der Waals surface area (Å²) in [5.74, 6) is 0.802. The lowest BCUT2D eigenvalue weighted by molar-refractivity contribution is 0.104. The maximum Gasteiger partial charge on any atom is 0.185 e. The molecular formula is C19H20O2. The fourth-order valence-electron chi connectivity index (χ4n) is 2.11.